The summed E-state index contributed by atoms with van der Waals surface area (Å²) < 4.78 is 0. The van der Waals surface area contributed by atoms with Crippen LogP contribution in [0.3, 0.4) is 0 Å². The predicted octanol–water partition coefficient (Wildman–Crippen LogP) is 0.927. The molecule has 3 nitrogen and oxygen atoms in total. The van der Waals surface area contributed by atoms with Crippen LogP contribution in [0.2, 0.25) is 0 Å². The number of aromatic amines is 1. The molecule has 64 valence electrons. The third-order valence-corrected chi connectivity index (χ3v) is 1.61. The Morgan fingerprint density at radius 3 is 2.42 bits per heavy atom. The second kappa shape index (κ2) is 2.65. The summed E-state index contributed by atoms with van der Waals surface area (Å²) in [7, 11) is 0. The molecule has 0 aromatic carbocycles. The summed E-state index contributed by atoms with van der Waals surface area (Å²) in [6.45, 7) is 5.12. The summed E-state index contributed by atoms with van der Waals surface area (Å²) in [5.41, 5.74) is 0.418. The lowest BCUT2D eigenvalue weighted by molar-refractivity contribution is 0.0695. The molecule has 0 fully saturated rings. The van der Waals surface area contributed by atoms with Gasteiger partial charge in [0.05, 0.1) is 5.69 Å². The number of nitrogens with one attached hydrogen (secondary N) is 1. The van der Waals surface area contributed by atoms with Crippen molar-refractivity contribution >= 4 is 0 Å². The van der Waals surface area contributed by atoms with Crippen molar-refractivity contribution in [3.05, 3.63) is 17.2 Å². The molecule has 1 aromatic heterocycles. The molecule has 0 saturated heterocycles. The molecule has 0 aliphatic heterocycles. The van der Waals surface area contributed by atoms with Gasteiger partial charge in [-0.05, 0) is 20.8 Å². The first kappa shape index (κ1) is 8.82. The van der Waals surface area contributed by atoms with E-state index in [9.17, 15) is 5.11 Å². The molecule has 0 spiro atoms. The van der Waals surface area contributed by atoms with Gasteiger partial charge < -0.3 is 10.1 Å². The number of terminal acetylenes is 1. The third kappa shape index (κ3) is 1.49. The minimum absolute atomic E-state index is 0.507. The maximum atomic E-state index is 9.56. The fourth-order valence-corrected chi connectivity index (χ4v) is 0.891. The molecule has 12 heavy (non-hydrogen) atoms. The molecule has 1 heterocycles. The molecule has 0 amide bonds. The molecule has 1 rings (SSSR count). The van der Waals surface area contributed by atoms with E-state index in [2.05, 4.69) is 15.9 Å². The lowest BCUT2D eigenvalue weighted by Crippen LogP contribution is -2.17. The van der Waals surface area contributed by atoms with E-state index in [1.165, 1.54) is 0 Å². The summed E-state index contributed by atoms with van der Waals surface area (Å²) in [4.78, 5) is 6.98. The average molecular weight is 164 g/mol. The fourth-order valence-electron chi connectivity index (χ4n) is 0.891. The van der Waals surface area contributed by atoms with Gasteiger partial charge in [0.1, 0.15) is 17.1 Å². The summed E-state index contributed by atoms with van der Waals surface area (Å²) in [5, 5.41) is 9.56. The zero-order valence-corrected chi connectivity index (χ0v) is 7.47. The standard InChI is InChI=1S/C9H12N2O/c1-5-7-6(2)10-8(11-7)9(3,4)12/h1,12H,2-4H3,(H,10,11). The monoisotopic (exact) mass is 164 g/mol. The first-order valence-corrected chi connectivity index (χ1v) is 3.71. The number of nitrogens with zero attached hydrogens (tertiary/aromatic N) is 1. The largest absolute Gasteiger partial charge is 0.383 e. The van der Waals surface area contributed by atoms with E-state index in [0.29, 0.717) is 11.5 Å². The summed E-state index contributed by atoms with van der Waals surface area (Å²) in [6.07, 6.45) is 5.20. The Morgan fingerprint density at radius 1 is 1.58 bits per heavy atom. The van der Waals surface area contributed by atoms with Crippen LogP contribution in [0.15, 0.2) is 0 Å². The van der Waals surface area contributed by atoms with Crippen molar-refractivity contribution in [1.29, 1.82) is 0 Å². The zero-order chi connectivity index (χ0) is 9.35. The minimum Gasteiger partial charge on any atom is -0.383 e. The van der Waals surface area contributed by atoms with Gasteiger partial charge in [0.25, 0.3) is 0 Å². The zero-order valence-electron chi connectivity index (χ0n) is 7.47. The average Bonchev–Trinajstić information content (AvgIpc) is 2.29. The first-order valence-electron chi connectivity index (χ1n) is 3.71. The van der Waals surface area contributed by atoms with Gasteiger partial charge in [-0.15, -0.1) is 6.42 Å². The number of aryl methyl sites for hydroxylation is 1. The lowest BCUT2D eigenvalue weighted by Gasteiger charge is -2.12. The SMILES string of the molecule is C#Cc1[nH]c(C(C)(C)O)nc1C. The van der Waals surface area contributed by atoms with E-state index < -0.39 is 5.60 Å². The van der Waals surface area contributed by atoms with Crippen LogP contribution >= 0.6 is 0 Å². The Morgan fingerprint density at radius 2 is 2.17 bits per heavy atom. The van der Waals surface area contributed by atoms with Crippen LogP contribution in [-0.2, 0) is 5.60 Å². The minimum atomic E-state index is -0.958. The van der Waals surface area contributed by atoms with Crippen LogP contribution in [0.1, 0.15) is 31.1 Å². The summed E-state index contributed by atoms with van der Waals surface area (Å²) in [5.74, 6) is 2.97. The second-order valence-electron chi connectivity index (χ2n) is 3.25. The Kier molecular flexibility index (Phi) is 1.95. The van der Waals surface area contributed by atoms with Crippen LogP contribution < -0.4 is 0 Å². The van der Waals surface area contributed by atoms with E-state index in [-0.39, 0.29) is 0 Å². The number of imidazole rings is 1. The van der Waals surface area contributed by atoms with Gasteiger partial charge in [-0.1, -0.05) is 5.92 Å². The number of hydrogen-bond donors (Lipinski definition) is 2. The molecule has 0 aliphatic carbocycles. The highest BCUT2D eigenvalue weighted by Gasteiger charge is 2.20. The van der Waals surface area contributed by atoms with Gasteiger partial charge in [0.15, 0.2) is 0 Å². The summed E-state index contributed by atoms with van der Waals surface area (Å²) >= 11 is 0. The fraction of sp³-hybridized carbons (Fsp3) is 0.444. The Bertz CT molecular complexity index is 325. The van der Waals surface area contributed by atoms with Crippen LogP contribution in [0, 0.1) is 19.3 Å². The van der Waals surface area contributed by atoms with Crippen molar-refractivity contribution in [2.75, 3.05) is 0 Å². The van der Waals surface area contributed by atoms with Crippen LogP contribution in [0.4, 0.5) is 0 Å². The van der Waals surface area contributed by atoms with Gasteiger partial charge in [-0.2, -0.15) is 0 Å². The molecule has 0 bridgehead atoms. The molecular weight excluding hydrogens is 152 g/mol. The smallest absolute Gasteiger partial charge is 0.138 e. The quantitative estimate of drug-likeness (QED) is 0.606. The van der Waals surface area contributed by atoms with Crippen molar-refractivity contribution in [3.8, 4) is 12.3 Å². The van der Waals surface area contributed by atoms with E-state index in [1.807, 2.05) is 0 Å². The molecular formula is C9H12N2O. The topological polar surface area (TPSA) is 48.9 Å². The predicted molar refractivity (Wildman–Crippen MR) is 46.5 cm³/mol. The van der Waals surface area contributed by atoms with Gasteiger partial charge >= 0.3 is 0 Å². The van der Waals surface area contributed by atoms with E-state index >= 15 is 0 Å². The third-order valence-electron chi connectivity index (χ3n) is 1.61. The van der Waals surface area contributed by atoms with Crippen LogP contribution in [0.25, 0.3) is 0 Å². The highest BCUT2D eigenvalue weighted by atomic mass is 16.3. The Balaban J connectivity index is 3.16. The molecule has 0 unspecified atom stereocenters. The number of H-pyrrole nitrogens is 1. The van der Waals surface area contributed by atoms with E-state index in [0.717, 1.165) is 5.69 Å². The van der Waals surface area contributed by atoms with Gasteiger partial charge in [0, 0.05) is 0 Å². The first-order chi connectivity index (χ1) is 5.45. The Labute approximate surface area is 71.8 Å². The number of aliphatic hydroxyl groups is 1. The normalized spacial score (nSPS) is 11.2. The van der Waals surface area contributed by atoms with Crippen molar-refractivity contribution in [3.63, 3.8) is 0 Å². The maximum Gasteiger partial charge on any atom is 0.138 e. The van der Waals surface area contributed by atoms with Crippen molar-refractivity contribution in [2.45, 2.75) is 26.4 Å². The van der Waals surface area contributed by atoms with Crippen LogP contribution in [0.5, 0.6) is 0 Å². The van der Waals surface area contributed by atoms with E-state index in [1.54, 1.807) is 20.8 Å². The summed E-state index contributed by atoms with van der Waals surface area (Å²) in [6, 6.07) is 0. The molecule has 0 saturated carbocycles. The molecule has 2 N–H and O–H groups in total. The molecule has 0 aliphatic rings. The van der Waals surface area contributed by atoms with Gasteiger partial charge in [0.2, 0.25) is 0 Å². The number of rotatable bonds is 1. The second-order valence-corrected chi connectivity index (χ2v) is 3.25. The van der Waals surface area contributed by atoms with Crippen molar-refractivity contribution in [2.24, 2.45) is 0 Å². The molecule has 3 heteroatoms. The Hall–Kier alpha value is -1.27. The highest BCUT2D eigenvalue weighted by Crippen LogP contribution is 2.17. The maximum absolute atomic E-state index is 9.56. The molecule has 0 radical (unpaired) electrons. The number of aromatic nitrogens is 2. The van der Waals surface area contributed by atoms with Crippen molar-refractivity contribution in [1.82, 2.24) is 9.97 Å². The van der Waals surface area contributed by atoms with E-state index in [4.69, 9.17) is 6.42 Å². The van der Waals surface area contributed by atoms with Crippen molar-refractivity contribution < 1.29 is 5.11 Å². The van der Waals surface area contributed by atoms with Gasteiger partial charge in [-0.3, -0.25) is 0 Å². The highest BCUT2D eigenvalue weighted by molar-refractivity contribution is 5.30. The lowest BCUT2D eigenvalue weighted by atomic mass is 10.1. The van der Waals surface area contributed by atoms with Gasteiger partial charge in [-0.25, -0.2) is 4.98 Å². The van der Waals surface area contributed by atoms with Crippen LogP contribution in [-0.4, -0.2) is 15.1 Å². The molecule has 1 aromatic rings. The number of hydrogen-bond acceptors (Lipinski definition) is 2. The molecule has 0 atom stereocenters.